The van der Waals surface area contributed by atoms with Crippen LogP contribution in [0.25, 0.3) is 10.8 Å². The third kappa shape index (κ3) is 4.19. The molecule has 0 aliphatic carbocycles. The molecule has 34 heavy (non-hydrogen) atoms. The second kappa shape index (κ2) is 8.99. The van der Waals surface area contributed by atoms with Gasteiger partial charge in [0.05, 0.1) is 40.5 Å². The first kappa shape index (κ1) is 23.6. The van der Waals surface area contributed by atoms with Gasteiger partial charge in [0.25, 0.3) is 11.8 Å². The van der Waals surface area contributed by atoms with E-state index in [1.165, 1.54) is 18.2 Å². The van der Waals surface area contributed by atoms with Crippen LogP contribution in [0.1, 0.15) is 54.0 Å². The summed E-state index contributed by atoms with van der Waals surface area (Å²) in [4.78, 5) is 39.4. The molecule has 1 aliphatic heterocycles. The van der Waals surface area contributed by atoms with Gasteiger partial charge in [-0.25, -0.2) is 4.90 Å². The van der Waals surface area contributed by atoms with Gasteiger partial charge in [-0.3, -0.25) is 14.4 Å². The Labute approximate surface area is 201 Å². The second-order valence-electron chi connectivity index (χ2n) is 8.61. The normalized spacial score (nSPS) is 13.2. The van der Waals surface area contributed by atoms with Gasteiger partial charge in [-0.15, -0.1) is 0 Å². The Morgan fingerprint density at radius 3 is 2.21 bits per heavy atom. The number of carboxylic acid groups (broad SMARTS) is 1. The minimum absolute atomic E-state index is 0.0996. The van der Waals surface area contributed by atoms with Gasteiger partial charge in [-0.2, -0.15) is 0 Å². The van der Waals surface area contributed by atoms with Gasteiger partial charge in [0.2, 0.25) is 0 Å². The predicted octanol–water partition coefficient (Wildman–Crippen LogP) is 5.50. The molecule has 0 atom stereocenters. The number of halogens is 1. The summed E-state index contributed by atoms with van der Waals surface area (Å²) in [5.74, 6) is -1.33. The molecule has 2 amide bonds. The number of imide groups is 1. The molecule has 1 heterocycles. The molecule has 4 rings (SSSR count). The number of hydrogen-bond acceptors (Lipinski definition) is 5. The third-order valence-electron chi connectivity index (χ3n) is 5.26. The maximum absolute atomic E-state index is 13.8. The molecule has 0 fully saturated rings. The lowest BCUT2D eigenvalue weighted by atomic mass is 9.98. The van der Waals surface area contributed by atoms with Gasteiger partial charge >= 0.3 is 5.97 Å². The highest BCUT2D eigenvalue weighted by atomic mass is 35.5. The zero-order chi connectivity index (χ0) is 24.7. The molecule has 7 nitrogen and oxygen atoms in total. The lowest BCUT2D eigenvalue weighted by Crippen LogP contribution is -2.30. The lowest BCUT2D eigenvalue weighted by Gasteiger charge is -2.17. The predicted molar refractivity (Wildman–Crippen MR) is 129 cm³/mol. The quantitative estimate of drug-likeness (QED) is 0.448. The van der Waals surface area contributed by atoms with E-state index in [1.807, 2.05) is 39.8 Å². The van der Waals surface area contributed by atoms with Crippen LogP contribution >= 0.6 is 11.6 Å². The van der Waals surface area contributed by atoms with Crippen molar-refractivity contribution >= 4 is 45.8 Å². The molecule has 0 radical (unpaired) electrons. The van der Waals surface area contributed by atoms with E-state index in [0.29, 0.717) is 27.8 Å². The van der Waals surface area contributed by atoms with Crippen molar-refractivity contribution in [2.75, 3.05) is 4.90 Å². The highest BCUT2D eigenvalue weighted by Crippen LogP contribution is 2.44. The number of anilines is 1. The topological polar surface area (TPSA) is 93.1 Å². The average molecular weight is 482 g/mol. The fraction of sp³-hybridized carbons (Fsp3) is 0.269. The summed E-state index contributed by atoms with van der Waals surface area (Å²) in [6.45, 7) is 7.44. The number of ether oxygens (including phenoxy) is 2. The molecule has 0 bridgehead atoms. The highest BCUT2D eigenvalue weighted by Gasteiger charge is 2.42. The van der Waals surface area contributed by atoms with Gasteiger partial charge in [0.15, 0.2) is 0 Å². The molecule has 1 N–H and O–H groups in total. The van der Waals surface area contributed by atoms with Crippen LogP contribution in [-0.4, -0.2) is 35.1 Å². The van der Waals surface area contributed by atoms with Gasteiger partial charge in [0, 0.05) is 5.39 Å². The Hall–Kier alpha value is -3.58. The Morgan fingerprint density at radius 1 is 0.941 bits per heavy atom. The Bertz CT molecular complexity index is 1330. The SMILES string of the molecule is CC(C)Oc1cc2cccc(OC(C)C)c2c2c1C(=O)N(c1ccc(CC(=O)O)cc1Cl)C2=O. The van der Waals surface area contributed by atoms with Crippen LogP contribution in [0.4, 0.5) is 5.69 Å². The molecule has 1 aliphatic rings. The molecule has 0 spiro atoms. The van der Waals surface area contributed by atoms with E-state index < -0.39 is 17.8 Å². The first-order chi connectivity index (χ1) is 16.1. The van der Waals surface area contributed by atoms with Gasteiger partial charge < -0.3 is 14.6 Å². The fourth-order valence-corrected chi connectivity index (χ4v) is 4.36. The molecular formula is C26H24ClNO6. The molecule has 8 heteroatoms. The summed E-state index contributed by atoms with van der Waals surface area (Å²) in [5, 5.41) is 10.4. The Kier molecular flexibility index (Phi) is 6.23. The van der Waals surface area contributed by atoms with E-state index in [4.69, 9.17) is 26.2 Å². The lowest BCUT2D eigenvalue weighted by molar-refractivity contribution is -0.136. The Morgan fingerprint density at radius 2 is 1.59 bits per heavy atom. The average Bonchev–Trinajstić information content (AvgIpc) is 2.98. The molecule has 3 aromatic carbocycles. The maximum Gasteiger partial charge on any atom is 0.307 e. The van der Waals surface area contributed by atoms with Gasteiger partial charge in [0.1, 0.15) is 11.5 Å². The van der Waals surface area contributed by atoms with Crippen molar-refractivity contribution in [1.82, 2.24) is 0 Å². The molecule has 0 saturated heterocycles. The molecule has 0 unspecified atom stereocenters. The summed E-state index contributed by atoms with van der Waals surface area (Å²) >= 11 is 6.41. The number of nitrogens with zero attached hydrogens (tertiary/aromatic N) is 1. The number of carbonyl (C=O) groups is 3. The van der Waals surface area contributed by atoms with E-state index in [0.717, 1.165) is 4.90 Å². The summed E-state index contributed by atoms with van der Waals surface area (Å²) in [6, 6.07) is 11.6. The highest BCUT2D eigenvalue weighted by molar-refractivity contribution is 6.42. The van der Waals surface area contributed by atoms with E-state index in [1.54, 1.807) is 12.1 Å². The van der Waals surface area contributed by atoms with Crippen LogP contribution < -0.4 is 14.4 Å². The number of hydrogen-bond donors (Lipinski definition) is 1. The van der Waals surface area contributed by atoms with Crippen LogP contribution in [0.5, 0.6) is 11.5 Å². The largest absolute Gasteiger partial charge is 0.490 e. The molecule has 0 aromatic heterocycles. The van der Waals surface area contributed by atoms with Crippen molar-refractivity contribution in [3.05, 3.63) is 64.2 Å². The molecule has 0 saturated carbocycles. The van der Waals surface area contributed by atoms with Crippen molar-refractivity contribution in [1.29, 1.82) is 0 Å². The van der Waals surface area contributed by atoms with Gasteiger partial charge in [-0.05, 0) is 62.9 Å². The van der Waals surface area contributed by atoms with Crippen LogP contribution in [0.15, 0.2) is 42.5 Å². The van der Waals surface area contributed by atoms with E-state index >= 15 is 0 Å². The van der Waals surface area contributed by atoms with Crippen molar-refractivity contribution in [3.63, 3.8) is 0 Å². The molecule has 3 aromatic rings. The number of aliphatic carboxylic acids is 1. The second-order valence-corrected chi connectivity index (χ2v) is 9.02. The molecular weight excluding hydrogens is 458 g/mol. The third-order valence-corrected chi connectivity index (χ3v) is 5.56. The maximum atomic E-state index is 13.8. The van der Waals surface area contributed by atoms with Gasteiger partial charge in [-0.1, -0.05) is 29.8 Å². The first-order valence-electron chi connectivity index (χ1n) is 10.9. The zero-order valence-electron chi connectivity index (χ0n) is 19.2. The smallest absolute Gasteiger partial charge is 0.307 e. The number of benzene rings is 3. The van der Waals surface area contributed by atoms with Crippen LogP contribution in [-0.2, 0) is 11.2 Å². The number of fused-ring (bicyclic) bond motifs is 3. The Balaban J connectivity index is 1.93. The summed E-state index contributed by atoms with van der Waals surface area (Å²) in [5.41, 5.74) is 0.976. The number of rotatable bonds is 7. The van der Waals surface area contributed by atoms with Crippen molar-refractivity contribution < 1.29 is 29.0 Å². The summed E-state index contributed by atoms with van der Waals surface area (Å²) in [6.07, 6.45) is -0.602. The summed E-state index contributed by atoms with van der Waals surface area (Å²) in [7, 11) is 0. The fourth-order valence-electron chi connectivity index (χ4n) is 4.07. The van der Waals surface area contributed by atoms with E-state index in [2.05, 4.69) is 0 Å². The minimum Gasteiger partial charge on any atom is -0.490 e. The first-order valence-corrected chi connectivity index (χ1v) is 11.3. The molecule has 176 valence electrons. The van der Waals surface area contributed by atoms with Crippen molar-refractivity contribution in [2.45, 2.75) is 46.3 Å². The zero-order valence-corrected chi connectivity index (χ0v) is 20.0. The summed E-state index contributed by atoms with van der Waals surface area (Å²) < 4.78 is 11.9. The van der Waals surface area contributed by atoms with Crippen molar-refractivity contribution in [2.24, 2.45) is 0 Å². The number of amides is 2. The standard InChI is InChI=1S/C26H24ClNO6/c1-13(2)33-19-7-5-6-16-12-20(34-14(3)4)23-24(22(16)19)26(32)28(25(23)31)18-9-8-15(10-17(18)27)11-21(29)30/h5-10,12-14H,11H2,1-4H3,(H,29,30). The van der Waals surface area contributed by atoms with E-state index in [-0.39, 0.29) is 40.5 Å². The minimum atomic E-state index is -1.01. The van der Waals surface area contributed by atoms with Crippen molar-refractivity contribution in [3.8, 4) is 11.5 Å². The van der Waals surface area contributed by atoms with Crippen LogP contribution in [0, 0.1) is 0 Å². The number of carbonyl (C=O) groups excluding carboxylic acids is 2. The monoisotopic (exact) mass is 481 g/mol. The number of carboxylic acids is 1. The van der Waals surface area contributed by atoms with Crippen LogP contribution in [0.3, 0.4) is 0 Å². The van der Waals surface area contributed by atoms with E-state index in [9.17, 15) is 14.4 Å². The van der Waals surface area contributed by atoms with Crippen LogP contribution in [0.2, 0.25) is 5.02 Å².